The molecular formula is C11H21N3O2. The fraction of sp³-hybridized carbons (Fsp3) is 0.818. The molecule has 1 heterocycles. The van der Waals surface area contributed by atoms with Crippen LogP contribution in [0.3, 0.4) is 0 Å². The summed E-state index contributed by atoms with van der Waals surface area (Å²) in [6.07, 6.45) is 1.46. The summed E-state index contributed by atoms with van der Waals surface area (Å²) in [5.74, 6) is 1.40. The van der Waals surface area contributed by atoms with Crippen LogP contribution >= 0.6 is 0 Å². The van der Waals surface area contributed by atoms with Crippen molar-refractivity contribution >= 4 is 0 Å². The van der Waals surface area contributed by atoms with Crippen molar-refractivity contribution in [2.24, 2.45) is 0 Å². The molecule has 1 rings (SSSR count). The third-order valence-electron chi connectivity index (χ3n) is 2.03. The van der Waals surface area contributed by atoms with Gasteiger partial charge in [-0.2, -0.15) is 4.98 Å². The lowest BCUT2D eigenvalue weighted by atomic mass is 10.1. The van der Waals surface area contributed by atoms with Crippen molar-refractivity contribution in [3.8, 4) is 0 Å². The molecule has 0 fully saturated rings. The van der Waals surface area contributed by atoms with Crippen LogP contribution in [0.15, 0.2) is 4.52 Å². The second-order valence-corrected chi connectivity index (χ2v) is 4.77. The topological polar surface area (TPSA) is 60.2 Å². The van der Waals surface area contributed by atoms with Crippen molar-refractivity contribution < 1.29 is 9.26 Å². The molecule has 5 nitrogen and oxygen atoms in total. The van der Waals surface area contributed by atoms with Gasteiger partial charge in [-0.05, 0) is 20.8 Å². The normalized spacial score (nSPS) is 12.0. The summed E-state index contributed by atoms with van der Waals surface area (Å²) in [5, 5.41) is 7.25. The number of rotatable bonds is 6. The Hall–Kier alpha value is -0.940. The first-order valence-corrected chi connectivity index (χ1v) is 5.57. The summed E-state index contributed by atoms with van der Waals surface area (Å²) in [4.78, 5) is 4.27. The van der Waals surface area contributed by atoms with Gasteiger partial charge in [0.25, 0.3) is 0 Å². The maximum absolute atomic E-state index is 5.12. The maximum Gasteiger partial charge on any atom is 0.227 e. The van der Waals surface area contributed by atoms with E-state index in [0.29, 0.717) is 24.7 Å². The molecule has 0 saturated carbocycles. The molecule has 16 heavy (non-hydrogen) atoms. The predicted octanol–water partition coefficient (Wildman–Crippen LogP) is 1.19. The quantitative estimate of drug-likeness (QED) is 0.791. The van der Waals surface area contributed by atoms with Crippen molar-refractivity contribution in [2.75, 3.05) is 20.3 Å². The van der Waals surface area contributed by atoms with Gasteiger partial charge in [0.05, 0.1) is 6.61 Å². The van der Waals surface area contributed by atoms with Crippen LogP contribution in [0.25, 0.3) is 0 Å². The summed E-state index contributed by atoms with van der Waals surface area (Å²) in [5.41, 5.74) is 0.124. The molecule has 0 atom stereocenters. The van der Waals surface area contributed by atoms with Gasteiger partial charge in [-0.25, -0.2) is 0 Å². The summed E-state index contributed by atoms with van der Waals surface area (Å²) < 4.78 is 10.1. The Bertz CT molecular complexity index is 304. The average molecular weight is 227 g/mol. The highest BCUT2D eigenvalue weighted by Crippen LogP contribution is 2.01. The lowest BCUT2D eigenvalue weighted by Gasteiger charge is -2.19. The number of nitrogens with one attached hydrogen (secondary N) is 1. The molecule has 0 radical (unpaired) electrons. The van der Waals surface area contributed by atoms with Crippen molar-refractivity contribution in [1.82, 2.24) is 15.5 Å². The van der Waals surface area contributed by atoms with Gasteiger partial charge < -0.3 is 14.6 Å². The number of aromatic nitrogens is 2. The number of methoxy groups -OCH3 is 1. The Kier molecular flexibility index (Phi) is 4.89. The first-order valence-electron chi connectivity index (χ1n) is 5.57. The summed E-state index contributed by atoms with van der Waals surface area (Å²) >= 11 is 0. The highest BCUT2D eigenvalue weighted by atomic mass is 16.5. The Morgan fingerprint density at radius 1 is 1.31 bits per heavy atom. The number of hydrogen-bond donors (Lipinski definition) is 1. The summed E-state index contributed by atoms with van der Waals surface area (Å²) in [7, 11) is 1.66. The van der Waals surface area contributed by atoms with E-state index in [1.807, 2.05) is 0 Å². The molecule has 0 aliphatic heterocycles. The molecule has 1 N–H and O–H groups in total. The number of nitrogens with zero attached hydrogens (tertiary/aromatic N) is 2. The average Bonchev–Trinajstić information content (AvgIpc) is 2.61. The van der Waals surface area contributed by atoms with Crippen LogP contribution in [0, 0.1) is 0 Å². The molecule has 1 aromatic rings. The van der Waals surface area contributed by atoms with Gasteiger partial charge >= 0.3 is 0 Å². The van der Waals surface area contributed by atoms with E-state index in [9.17, 15) is 0 Å². The second-order valence-electron chi connectivity index (χ2n) is 4.77. The third-order valence-corrected chi connectivity index (χ3v) is 2.03. The fourth-order valence-corrected chi connectivity index (χ4v) is 1.23. The van der Waals surface area contributed by atoms with Crippen molar-refractivity contribution in [1.29, 1.82) is 0 Å². The monoisotopic (exact) mass is 227 g/mol. The minimum absolute atomic E-state index is 0.124. The van der Waals surface area contributed by atoms with Gasteiger partial charge in [0.15, 0.2) is 5.82 Å². The zero-order valence-electron chi connectivity index (χ0n) is 10.5. The molecular weight excluding hydrogens is 206 g/mol. The molecule has 1 aromatic heterocycles. The van der Waals surface area contributed by atoms with Crippen LogP contribution in [-0.4, -0.2) is 35.9 Å². The Balaban J connectivity index is 2.29. The van der Waals surface area contributed by atoms with E-state index in [4.69, 9.17) is 9.26 Å². The Morgan fingerprint density at radius 3 is 2.69 bits per heavy atom. The first kappa shape index (κ1) is 13.1. The minimum Gasteiger partial charge on any atom is -0.384 e. The largest absolute Gasteiger partial charge is 0.384 e. The molecule has 92 valence electrons. The van der Waals surface area contributed by atoms with Gasteiger partial charge in [0.1, 0.15) is 0 Å². The van der Waals surface area contributed by atoms with E-state index < -0.39 is 0 Å². The summed E-state index contributed by atoms with van der Waals surface area (Å²) in [6, 6.07) is 0. The van der Waals surface area contributed by atoms with Crippen molar-refractivity contribution in [3.05, 3.63) is 11.7 Å². The van der Waals surface area contributed by atoms with Crippen molar-refractivity contribution in [2.45, 2.75) is 39.2 Å². The standard InChI is InChI=1S/C11H21N3O2/c1-11(2,3)12-7-5-10-13-9(14-16-10)6-8-15-4/h12H,5-8H2,1-4H3. The first-order chi connectivity index (χ1) is 7.51. The van der Waals surface area contributed by atoms with E-state index in [2.05, 4.69) is 36.2 Å². The van der Waals surface area contributed by atoms with Crippen LogP contribution in [0.4, 0.5) is 0 Å². The molecule has 0 unspecified atom stereocenters. The van der Waals surface area contributed by atoms with E-state index in [-0.39, 0.29) is 5.54 Å². The second kappa shape index (κ2) is 5.96. The van der Waals surface area contributed by atoms with Crippen molar-refractivity contribution in [3.63, 3.8) is 0 Å². The van der Waals surface area contributed by atoms with Gasteiger partial charge in [-0.15, -0.1) is 0 Å². The maximum atomic E-state index is 5.12. The van der Waals surface area contributed by atoms with Gasteiger partial charge in [-0.3, -0.25) is 0 Å². The Morgan fingerprint density at radius 2 is 2.06 bits per heavy atom. The van der Waals surface area contributed by atoms with E-state index in [1.54, 1.807) is 7.11 Å². The number of hydrogen-bond acceptors (Lipinski definition) is 5. The number of ether oxygens (including phenoxy) is 1. The fourth-order valence-electron chi connectivity index (χ4n) is 1.23. The highest BCUT2D eigenvalue weighted by Gasteiger charge is 2.10. The van der Waals surface area contributed by atoms with E-state index in [0.717, 1.165) is 13.0 Å². The van der Waals surface area contributed by atoms with Gasteiger partial charge in [0, 0.05) is 32.0 Å². The molecule has 0 bridgehead atoms. The lowest BCUT2D eigenvalue weighted by Crippen LogP contribution is -2.37. The van der Waals surface area contributed by atoms with Gasteiger partial charge in [-0.1, -0.05) is 5.16 Å². The molecule has 0 aromatic carbocycles. The van der Waals surface area contributed by atoms with E-state index >= 15 is 0 Å². The molecule has 0 saturated heterocycles. The Labute approximate surface area is 96.6 Å². The minimum atomic E-state index is 0.124. The molecule has 0 aliphatic rings. The van der Waals surface area contributed by atoms with Crippen LogP contribution in [-0.2, 0) is 17.6 Å². The molecule has 5 heteroatoms. The molecule has 0 amide bonds. The molecule has 0 spiro atoms. The third kappa shape index (κ3) is 5.23. The predicted molar refractivity (Wildman–Crippen MR) is 61.3 cm³/mol. The zero-order chi connectivity index (χ0) is 12.0. The summed E-state index contributed by atoms with van der Waals surface area (Å²) in [6.45, 7) is 7.86. The highest BCUT2D eigenvalue weighted by molar-refractivity contribution is 4.87. The van der Waals surface area contributed by atoms with Crippen LogP contribution in [0.1, 0.15) is 32.5 Å². The SMILES string of the molecule is COCCc1noc(CCNC(C)(C)C)n1. The van der Waals surface area contributed by atoms with E-state index in [1.165, 1.54) is 0 Å². The molecule has 0 aliphatic carbocycles. The van der Waals surface area contributed by atoms with Crippen LogP contribution < -0.4 is 5.32 Å². The lowest BCUT2D eigenvalue weighted by molar-refractivity contribution is 0.199. The van der Waals surface area contributed by atoms with Crippen LogP contribution in [0.2, 0.25) is 0 Å². The van der Waals surface area contributed by atoms with Crippen LogP contribution in [0.5, 0.6) is 0 Å². The smallest absolute Gasteiger partial charge is 0.227 e. The zero-order valence-corrected chi connectivity index (χ0v) is 10.5. The van der Waals surface area contributed by atoms with Gasteiger partial charge in [0.2, 0.25) is 5.89 Å².